The zero-order chi connectivity index (χ0) is 6.69. The molecular weight excluding hydrogens is 154 g/mol. The van der Waals surface area contributed by atoms with Gasteiger partial charge in [-0.15, -0.1) is 11.3 Å². The van der Waals surface area contributed by atoms with E-state index >= 15 is 0 Å². The number of nitrogens with two attached hydrogens (primary N) is 1. The summed E-state index contributed by atoms with van der Waals surface area (Å²) in [6.07, 6.45) is 0. The lowest BCUT2D eigenvalue weighted by molar-refractivity contribution is 0.652. The maximum atomic E-state index is 8.50. The van der Waals surface area contributed by atoms with Crippen LogP contribution in [0.25, 0.3) is 0 Å². The zero-order valence-electron chi connectivity index (χ0n) is 4.65. The van der Waals surface area contributed by atoms with Gasteiger partial charge >= 0.3 is 0 Å². The molecule has 1 rings (SSSR count). The number of rotatable bonds is 2. The monoisotopic (exact) mass is 161 g/mol. The molecule has 1 unspecified atom stereocenters. The fourth-order valence-corrected chi connectivity index (χ4v) is 1.59. The normalized spacial score (nSPS) is 13.6. The number of hydrogen-bond acceptors (Lipinski definition) is 4. The fourth-order valence-electron chi connectivity index (χ4n) is 0.505. The Morgan fingerprint density at radius 2 is 2.56 bits per heavy atom. The van der Waals surface area contributed by atoms with Crippen LogP contribution < -0.4 is 5.73 Å². The molecule has 0 fully saturated rings. The summed E-state index contributed by atoms with van der Waals surface area (Å²) in [6, 6.07) is 3.81. The van der Waals surface area contributed by atoms with Crippen LogP contribution in [0.4, 0.5) is 0 Å². The van der Waals surface area contributed by atoms with E-state index in [9.17, 15) is 0 Å². The quantitative estimate of drug-likeness (QED) is 0.514. The van der Waals surface area contributed by atoms with Crippen molar-refractivity contribution < 1.29 is 4.55 Å². The van der Waals surface area contributed by atoms with Gasteiger partial charge in [-0.05, 0) is 11.4 Å². The third kappa shape index (κ3) is 1.69. The minimum absolute atomic E-state index is 0.273. The summed E-state index contributed by atoms with van der Waals surface area (Å²) in [5.74, 6) is 0. The van der Waals surface area contributed by atoms with Crippen LogP contribution in [0, 0.1) is 0 Å². The van der Waals surface area contributed by atoms with E-state index in [1.54, 1.807) is 11.3 Å². The van der Waals surface area contributed by atoms with Crippen molar-refractivity contribution in [2.45, 2.75) is 5.37 Å². The van der Waals surface area contributed by atoms with E-state index in [1.807, 2.05) is 17.5 Å². The third-order valence-electron chi connectivity index (χ3n) is 0.937. The Bertz CT molecular complexity index is 163. The van der Waals surface area contributed by atoms with E-state index in [0.717, 1.165) is 4.88 Å². The van der Waals surface area contributed by atoms with Crippen LogP contribution in [0.1, 0.15) is 10.3 Å². The van der Waals surface area contributed by atoms with Gasteiger partial charge in [0.15, 0.2) is 0 Å². The summed E-state index contributed by atoms with van der Waals surface area (Å²) < 4.78 is 8.50. The van der Waals surface area contributed by atoms with Gasteiger partial charge in [-0.2, -0.15) is 0 Å². The summed E-state index contributed by atoms with van der Waals surface area (Å²) in [5.41, 5.74) is 5.46. The number of hydrogen-bond donors (Lipinski definition) is 2. The Morgan fingerprint density at radius 1 is 1.78 bits per heavy atom. The summed E-state index contributed by atoms with van der Waals surface area (Å²) in [7, 11) is 0. The minimum atomic E-state index is -0.273. The summed E-state index contributed by atoms with van der Waals surface area (Å²) in [5, 5.41) is 1.66. The highest BCUT2D eigenvalue weighted by Gasteiger charge is 2.03. The fraction of sp³-hybridized carbons (Fsp3) is 0.200. The molecule has 0 bridgehead atoms. The maximum Gasteiger partial charge on any atom is 0.112 e. The van der Waals surface area contributed by atoms with Crippen LogP contribution in [0.2, 0.25) is 0 Å². The molecule has 0 aliphatic rings. The molecule has 1 atom stereocenters. The molecule has 0 saturated heterocycles. The van der Waals surface area contributed by atoms with Gasteiger partial charge in [0.2, 0.25) is 0 Å². The lowest BCUT2D eigenvalue weighted by Crippen LogP contribution is -2.01. The Balaban J connectivity index is 2.65. The second-order valence-corrected chi connectivity index (χ2v) is 3.24. The van der Waals surface area contributed by atoms with Crippen LogP contribution in [0.3, 0.4) is 0 Å². The summed E-state index contributed by atoms with van der Waals surface area (Å²) in [4.78, 5) is 1.00. The van der Waals surface area contributed by atoms with Gasteiger partial charge in [0.05, 0.1) is 0 Å². The summed E-state index contributed by atoms with van der Waals surface area (Å²) >= 11 is 2.22. The standard InChI is InChI=1S/C5H7NOS2/c6-5(9-7)4-2-1-3-8-4/h1-3,5,7H,6H2. The molecule has 50 valence electrons. The molecule has 1 aromatic heterocycles. The second-order valence-electron chi connectivity index (χ2n) is 1.54. The van der Waals surface area contributed by atoms with Crippen LogP contribution in [0.15, 0.2) is 17.5 Å². The molecule has 0 aliphatic carbocycles. The predicted molar refractivity (Wildman–Crippen MR) is 41.5 cm³/mol. The SMILES string of the molecule is NC(SO)c1cccs1. The van der Waals surface area contributed by atoms with Gasteiger partial charge in [-0.1, -0.05) is 6.07 Å². The van der Waals surface area contributed by atoms with Crippen LogP contribution in [0.5, 0.6) is 0 Å². The van der Waals surface area contributed by atoms with Gasteiger partial charge in [-0.3, -0.25) is 0 Å². The third-order valence-corrected chi connectivity index (χ3v) is 2.52. The van der Waals surface area contributed by atoms with Gasteiger partial charge in [0, 0.05) is 16.9 Å². The lowest BCUT2D eigenvalue weighted by Gasteiger charge is -2.00. The van der Waals surface area contributed by atoms with E-state index in [4.69, 9.17) is 10.3 Å². The molecule has 1 aromatic rings. The van der Waals surface area contributed by atoms with E-state index in [-0.39, 0.29) is 5.37 Å². The van der Waals surface area contributed by atoms with Gasteiger partial charge in [0.25, 0.3) is 0 Å². The molecule has 0 radical (unpaired) electrons. The summed E-state index contributed by atoms with van der Waals surface area (Å²) in [6.45, 7) is 0. The first-order valence-corrected chi connectivity index (χ1v) is 4.15. The molecule has 2 nitrogen and oxygen atoms in total. The van der Waals surface area contributed by atoms with Crippen LogP contribution >= 0.6 is 23.4 Å². The van der Waals surface area contributed by atoms with E-state index in [1.165, 1.54) is 0 Å². The Labute approximate surface area is 61.9 Å². The first kappa shape index (κ1) is 7.08. The van der Waals surface area contributed by atoms with Crippen molar-refractivity contribution in [1.29, 1.82) is 0 Å². The Kier molecular flexibility index (Phi) is 2.53. The lowest BCUT2D eigenvalue weighted by atomic mass is 10.5. The van der Waals surface area contributed by atoms with Crippen molar-refractivity contribution in [2.24, 2.45) is 5.73 Å². The molecule has 9 heavy (non-hydrogen) atoms. The highest BCUT2D eigenvalue weighted by Crippen LogP contribution is 2.23. The molecule has 4 heteroatoms. The van der Waals surface area contributed by atoms with Crippen molar-refractivity contribution in [3.63, 3.8) is 0 Å². The second kappa shape index (κ2) is 3.22. The topological polar surface area (TPSA) is 46.2 Å². The highest BCUT2D eigenvalue weighted by molar-refractivity contribution is 7.94. The Morgan fingerprint density at radius 3 is 3.00 bits per heavy atom. The van der Waals surface area contributed by atoms with Gasteiger partial charge < -0.3 is 10.3 Å². The zero-order valence-corrected chi connectivity index (χ0v) is 6.28. The maximum absolute atomic E-state index is 8.50. The van der Waals surface area contributed by atoms with E-state index < -0.39 is 0 Å². The first-order chi connectivity index (χ1) is 4.34. The molecule has 0 spiro atoms. The first-order valence-electron chi connectivity index (χ1n) is 2.44. The molecular formula is C5H7NOS2. The molecule has 0 aromatic carbocycles. The largest absolute Gasteiger partial charge is 0.328 e. The molecule has 0 saturated carbocycles. The average Bonchev–Trinajstić information content (AvgIpc) is 2.37. The van der Waals surface area contributed by atoms with Crippen molar-refractivity contribution in [1.82, 2.24) is 0 Å². The molecule has 3 N–H and O–H groups in total. The van der Waals surface area contributed by atoms with Crippen molar-refractivity contribution in [3.05, 3.63) is 22.4 Å². The molecule has 0 aliphatic heterocycles. The number of thiophene rings is 1. The van der Waals surface area contributed by atoms with Crippen LogP contribution in [-0.2, 0) is 0 Å². The van der Waals surface area contributed by atoms with E-state index in [2.05, 4.69) is 0 Å². The van der Waals surface area contributed by atoms with Crippen LogP contribution in [-0.4, -0.2) is 4.55 Å². The van der Waals surface area contributed by atoms with Crippen molar-refractivity contribution in [2.75, 3.05) is 0 Å². The molecule has 0 amide bonds. The van der Waals surface area contributed by atoms with Gasteiger partial charge in [0.1, 0.15) is 5.37 Å². The average molecular weight is 161 g/mol. The van der Waals surface area contributed by atoms with Crippen molar-refractivity contribution >= 4 is 23.4 Å². The molecule has 1 heterocycles. The Hall–Kier alpha value is -0.0300. The smallest absolute Gasteiger partial charge is 0.112 e. The highest BCUT2D eigenvalue weighted by atomic mass is 32.2. The van der Waals surface area contributed by atoms with Gasteiger partial charge in [-0.25, -0.2) is 0 Å². The minimum Gasteiger partial charge on any atom is -0.328 e. The predicted octanol–water partition coefficient (Wildman–Crippen LogP) is 1.91. The van der Waals surface area contributed by atoms with Crippen molar-refractivity contribution in [3.8, 4) is 0 Å². The van der Waals surface area contributed by atoms with E-state index in [0.29, 0.717) is 12.0 Å².